The number of furan rings is 2. The topological polar surface area (TPSA) is 73.2 Å². The molecule has 2 aromatic heterocycles. The zero-order valence-corrected chi connectivity index (χ0v) is 72.3. The molecule has 8 heteroatoms. The monoisotopic (exact) mass is 1640 g/mol. The number of hydrogen-bond donors (Lipinski definition) is 2. The lowest BCUT2D eigenvalue weighted by Gasteiger charge is -2.29. The first-order valence-corrected chi connectivity index (χ1v) is 43.6. The van der Waals surface area contributed by atoms with Crippen LogP contribution < -0.4 is 15.3 Å². The first-order chi connectivity index (χ1) is 58.8. The molecule has 0 amide bonds. The van der Waals surface area contributed by atoms with Crippen LogP contribution in [0.1, 0.15) is 150 Å². The molecule has 0 bridgehead atoms. The minimum atomic E-state index is -1.34. The van der Waals surface area contributed by atoms with Gasteiger partial charge in [-0.15, -0.1) is 0 Å². The van der Waals surface area contributed by atoms with Crippen molar-refractivity contribution >= 4 is 107 Å². The summed E-state index contributed by atoms with van der Waals surface area (Å²) in [7, 11) is -1.34. The lowest BCUT2D eigenvalue weighted by Crippen LogP contribution is -2.29. The van der Waals surface area contributed by atoms with Crippen molar-refractivity contribution in [2.45, 2.75) is 116 Å². The quantitative estimate of drug-likeness (QED) is 0.148. The Labute approximate surface area is 722 Å². The van der Waals surface area contributed by atoms with Crippen LogP contribution in [0.2, 0.25) is 0 Å². The number of hydrogen-bond acceptors (Lipinski definition) is 6. The van der Waals surface area contributed by atoms with Crippen LogP contribution in [0, 0.1) is 0 Å². The number of fused-ring (bicyclic) bond motifs is 26. The normalized spacial score (nSPS) is 15.4. The number of anilines is 6. The first kappa shape index (κ1) is 75.4. The van der Waals surface area contributed by atoms with Crippen LogP contribution in [0.3, 0.4) is 0 Å². The van der Waals surface area contributed by atoms with Crippen molar-refractivity contribution in [2.24, 2.45) is 0 Å². The number of benzene rings is 16. The Kier molecular flexibility index (Phi) is 16.7. The average molecular weight is 1640 g/mol. The zero-order valence-electron chi connectivity index (χ0n) is 70.7. The fourth-order valence-electron chi connectivity index (χ4n) is 22.2. The Balaban J connectivity index is 0.000000133. The molecule has 6 aliphatic carbocycles. The van der Waals surface area contributed by atoms with E-state index < -0.39 is 7.12 Å². The van der Waals surface area contributed by atoms with Gasteiger partial charge < -0.3 is 28.7 Å². The van der Waals surface area contributed by atoms with Gasteiger partial charge in [-0.05, 0) is 212 Å². The Morgan fingerprint density at radius 1 is 0.246 bits per heavy atom. The van der Waals surface area contributed by atoms with Crippen molar-refractivity contribution in [2.75, 3.05) is 9.80 Å². The van der Waals surface area contributed by atoms with Gasteiger partial charge in [0, 0.05) is 92.4 Å². The van der Waals surface area contributed by atoms with Crippen LogP contribution in [-0.4, -0.2) is 17.2 Å². The molecule has 0 aliphatic heterocycles. The van der Waals surface area contributed by atoms with E-state index in [2.05, 4.69) is 406 Å². The highest BCUT2D eigenvalue weighted by Crippen LogP contribution is 2.62. The van der Waals surface area contributed by atoms with E-state index in [1.165, 1.54) is 145 Å². The molecule has 6 aliphatic rings. The number of para-hydroxylation sites is 2. The van der Waals surface area contributed by atoms with Gasteiger partial charge in [0.2, 0.25) is 0 Å². The van der Waals surface area contributed by atoms with Crippen molar-refractivity contribution in [3.8, 4) is 77.9 Å². The summed E-state index contributed by atoms with van der Waals surface area (Å²) in [6, 6.07) is 119. The maximum atomic E-state index is 8.58. The molecule has 2 N–H and O–H groups in total. The van der Waals surface area contributed by atoms with Crippen LogP contribution in [0.5, 0.6) is 0 Å². The number of nitrogens with zero attached hydrogens (tertiary/aromatic N) is 2. The molecule has 0 spiro atoms. The maximum absolute atomic E-state index is 8.58. The molecule has 592 valence electrons. The molecular formula is C114H92BBrN2O4. The highest BCUT2D eigenvalue weighted by atomic mass is 79.9. The molecular weight excluding hydrogens is 1550 g/mol. The third-order valence-corrected chi connectivity index (χ3v) is 29.1. The summed E-state index contributed by atoms with van der Waals surface area (Å²) in [5.41, 5.74) is 43.9. The van der Waals surface area contributed by atoms with E-state index in [1.54, 1.807) is 24.3 Å². The van der Waals surface area contributed by atoms with Crippen LogP contribution in [0.25, 0.3) is 122 Å². The molecule has 18 aromatic rings. The van der Waals surface area contributed by atoms with Gasteiger partial charge in [0.25, 0.3) is 0 Å². The summed E-state index contributed by atoms with van der Waals surface area (Å²) in [5.74, 6) is 0. The third kappa shape index (κ3) is 10.9. The van der Waals surface area contributed by atoms with Crippen LogP contribution in [-0.2, 0) is 32.5 Å². The standard InChI is InChI=1S/C57H45NO.C51H40BrNO.C6H7BO2/c1-55(2)44-23-13-10-19-37(44)39-29-27-35(31-47(39)55)58(36-28-30-40-38-20-11-14-24-45(38)56(3,4)48(40)32-36)50-26-16-22-42-51-43(34-17-8-7-9-18-34)33-49-52(54(51)59-53(42)50)41-21-12-15-25-46(41)57(49,5)6;1-49(2)37-18-10-7-14-31(37)33-24-22-29(26-40(33)49)53(30-23-25-34-32-15-8-11-19-38(32)50(3,4)41(34)27-30)44-21-13-17-36-46-43(52)28-42-45(48(46)54-47(36)44)35-16-9-12-20-39(35)51(42,5)6;8-7(9)6-4-2-1-3-5-6/h7-33H,1-6H3;7-28H,1-6H3;1-5,8-9H. The number of halogens is 1. The molecule has 2 heterocycles. The SMILES string of the molecule is CC1(C)c2ccccc2-c2ccc(N(c3ccc4c(c3)C(C)(C)c3ccccc3-4)c3cccc4c3oc3c5c(cc(-c6ccccc6)c34)C(C)(C)c3ccccc3-5)cc21.CC1(C)c2ccccc2-c2ccc(N(c3ccc4c(c3)C(C)(C)c3ccccc3-4)c3cccc4c3oc3c5c(cc(Br)c34)C(C)(C)c3ccccc3-5)cc21.OB(O)c1ccccc1. The summed E-state index contributed by atoms with van der Waals surface area (Å²) in [4.78, 5) is 4.90. The average Bonchev–Trinajstić information content (AvgIpc) is 1.54. The van der Waals surface area contributed by atoms with Gasteiger partial charge >= 0.3 is 7.12 Å². The van der Waals surface area contributed by atoms with Gasteiger partial charge in [0.15, 0.2) is 11.2 Å². The van der Waals surface area contributed by atoms with Crippen molar-refractivity contribution in [1.29, 1.82) is 0 Å². The van der Waals surface area contributed by atoms with E-state index in [4.69, 9.17) is 18.9 Å². The van der Waals surface area contributed by atoms with E-state index in [0.717, 1.165) is 82.5 Å². The van der Waals surface area contributed by atoms with E-state index in [1.807, 2.05) is 6.07 Å². The van der Waals surface area contributed by atoms with Crippen molar-refractivity contribution < 1.29 is 18.9 Å². The predicted molar refractivity (Wildman–Crippen MR) is 512 cm³/mol. The molecule has 0 unspecified atom stereocenters. The fraction of sp³-hybridized carbons (Fsp3) is 0.158. The second-order valence-electron chi connectivity index (χ2n) is 37.3. The zero-order chi connectivity index (χ0) is 83.6. The van der Waals surface area contributed by atoms with Gasteiger partial charge in [-0.3, -0.25) is 0 Å². The van der Waals surface area contributed by atoms with Gasteiger partial charge in [0.1, 0.15) is 11.2 Å². The minimum Gasteiger partial charge on any atom is -0.453 e. The summed E-state index contributed by atoms with van der Waals surface area (Å²) < 4.78 is 15.8. The van der Waals surface area contributed by atoms with E-state index in [9.17, 15) is 0 Å². The minimum absolute atomic E-state index is 0.133. The van der Waals surface area contributed by atoms with Crippen LogP contribution in [0.15, 0.2) is 341 Å². The van der Waals surface area contributed by atoms with Crippen LogP contribution >= 0.6 is 15.9 Å². The van der Waals surface area contributed by atoms with Gasteiger partial charge in [-0.25, -0.2) is 0 Å². The Morgan fingerprint density at radius 2 is 0.533 bits per heavy atom. The van der Waals surface area contributed by atoms with E-state index >= 15 is 0 Å². The van der Waals surface area contributed by atoms with E-state index in [0.29, 0.717) is 5.46 Å². The summed E-state index contributed by atoms with van der Waals surface area (Å²) in [5, 5.41) is 21.7. The van der Waals surface area contributed by atoms with Gasteiger partial charge in [-0.2, -0.15) is 0 Å². The molecule has 0 atom stereocenters. The summed E-state index contributed by atoms with van der Waals surface area (Å²) in [6.45, 7) is 28.3. The lowest BCUT2D eigenvalue weighted by atomic mass is 9.81. The molecule has 24 rings (SSSR count). The molecule has 0 saturated heterocycles. The molecule has 122 heavy (non-hydrogen) atoms. The third-order valence-electron chi connectivity index (χ3n) is 28.5. The lowest BCUT2D eigenvalue weighted by molar-refractivity contribution is 0.426. The van der Waals surface area contributed by atoms with Gasteiger partial charge in [0.05, 0.1) is 11.4 Å². The van der Waals surface area contributed by atoms with Crippen LogP contribution in [0.4, 0.5) is 34.1 Å². The van der Waals surface area contributed by atoms with Crippen molar-refractivity contribution in [3.05, 3.63) is 399 Å². The smallest absolute Gasteiger partial charge is 0.453 e. The highest BCUT2D eigenvalue weighted by Gasteiger charge is 2.45. The second-order valence-corrected chi connectivity index (χ2v) is 38.2. The van der Waals surface area contributed by atoms with Crippen molar-refractivity contribution in [3.63, 3.8) is 0 Å². The molecule has 0 saturated carbocycles. The summed E-state index contributed by atoms with van der Waals surface area (Å²) >= 11 is 4.05. The maximum Gasteiger partial charge on any atom is 0.488 e. The highest BCUT2D eigenvalue weighted by molar-refractivity contribution is 9.10. The van der Waals surface area contributed by atoms with Gasteiger partial charge in [-0.1, -0.05) is 354 Å². The molecule has 6 nitrogen and oxygen atoms in total. The Morgan fingerprint density at radius 3 is 0.885 bits per heavy atom. The first-order valence-electron chi connectivity index (χ1n) is 42.8. The molecule has 0 radical (unpaired) electrons. The number of rotatable bonds is 8. The van der Waals surface area contributed by atoms with Crippen molar-refractivity contribution in [1.82, 2.24) is 0 Å². The predicted octanol–water partition coefficient (Wildman–Crippen LogP) is 29.7. The molecule has 16 aromatic carbocycles. The molecule has 0 fully saturated rings. The van der Waals surface area contributed by atoms with E-state index in [-0.39, 0.29) is 32.5 Å². The second kappa shape index (κ2) is 27.1. The Hall–Kier alpha value is -12.8. The Bertz CT molecular complexity index is 7250. The largest absolute Gasteiger partial charge is 0.488 e. The fourth-order valence-corrected chi connectivity index (χ4v) is 22.8. The summed E-state index contributed by atoms with van der Waals surface area (Å²) in [6.07, 6.45) is 0.